The fourth-order valence-electron chi connectivity index (χ4n) is 1.54. The van der Waals surface area contributed by atoms with Gasteiger partial charge in [-0.2, -0.15) is 0 Å². The minimum absolute atomic E-state index is 0.645. The lowest BCUT2D eigenvalue weighted by molar-refractivity contribution is 0.157. The molecule has 4 nitrogen and oxygen atoms in total. The number of imidazole rings is 1. The largest absolute Gasteiger partial charge is 0.376 e. The molecule has 1 N–H and O–H groups in total. The summed E-state index contributed by atoms with van der Waals surface area (Å²) >= 11 is 0. The van der Waals surface area contributed by atoms with Crippen LogP contribution in [0.2, 0.25) is 0 Å². The highest BCUT2D eigenvalue weighted by atomic mass is 16.5. The van der Waals surface area contributed by atoms with Crippen molar-refractivity contribution >= 4 is 0 Å². The summed E-state index contributed by atoms with van der Waals surface area (Å²) < 4.78 is 7.59. The summed E-state index contributed by atoms with van der Waals surface area (Å²) in [5, 5.41) is 3.32. The summed E-state index contributed by atoms with van der Waals surface area (Å²) in [7, 11) is 0. The van der Waals surface area contributed by atoms with Gasteiger partial charge in [-0.3, -0.25) is 0 Å². The Labute approximate surface area is 104 Å². The van der Waals surface area contributed by atoms with E-state index in [4.69, 9.17) is 4.74 Å². The zero-order valence-electron chi connectivity index (χ0n) is 10.9. The summed E-state index contributed by atoms with van der Waals surface area (Å²) in [4.78, 5) is 4.33. The van der Waals surface area contributed by atoms with Crippen molar-refractivity contribution in [2.45, 2.75) is 33.4 Å². The molecule has 0 radical (unpaired) electrons. The minimum atomic E-state index is 0.645. The van der Waals surface area contributed by atoms with Crippen molar-refractivity contribution in [2.24, 2.45) is 0 Å². The third-order valence-corrected chi connectivity index (χ3v) is 2.32. The highest BCUT2D eigenvalue weighted by molar-refractivity contribution is 4.91. The molecule has 0 amide bonds. The third-order valence-electron chi connectivity index (χ3n) is 2.32. The van der Waals surface area contributed by atoms with E-state index in [0.29, 0.717) is 13.2 Å². The fourth-order valence-corrected chi connectivity index (χ4v) is 1.54. The first-order valence-electron chi connectivity index (χ1n) is 6.17. The van der Waals surface area contributed by atoms with Gasteiger partial charge in [0.05, 0.1) is 19.8 Å². The topological polar surface area (TPSA) is 39.1 Å². The second-order valence-electron chi connectivity index (χ2n) is 4.22. The van der Waals surface area contributed by atoms with Gasteiger partial charge >= 0.3 is 0 Å². The van der Waals surface area contributed by atoms with E-state index in [-0.39, 0.29) is 0 Å². The van der Waals surface area contributed by atoms with Gasteiger partial charge in [-0.25, -0.2) is 4.98 Å². The lowest BCUT2D eigenvalue weighted by Crippen LogP contribution is -2.21. The summed E-state index contributed by atoms with van der Waals surface area (Å²) in [5.74, 6) is 1.09. The number of nitrogens with zero attached hydrogens (tertiary/aromatic N) is 2. The molecule has 0 saturated carbocycles. The Kier molecular flexibility index (Phi) is 6.58. The van der Waals surface area contributed by atoms with Crippen LogP contribution in [0, 0.1) is 0 Å². The number of aromatic nitrogens is 2. The molecule has 0 saturated heterocycles. The normalized spacial score (nSPS) is 10.7. The highest BCUT2D eigenvalue weighted by Crippen LogP contribution is 1.98. The zero-order valence-corrected chi connectivity index (χ0v) is 10.9. The molecule has 1 heterocycles. The van der Waals surface area contributed by atoms with Crippen LogP contribution in [-0.2, 0) is 17.8 Å². The van der Waals surface area contributed by atoms with E-state index in [1.165, 1.54) is 0 Å². The van der Waals surface area contributed by atoms with E-state index in [9.17, 15) is 0 Å². The number of rotatable bonds is 9. The molecule has 0 aliphatic carbocycles. The van der Waals surface area contributed by atoms with Crippen molar-refractivity contribution < 1.29 is 4.74 Å². The molecular weight excluding hydrogens is 214 g/mol. The Balaban J connectivity index is 2.13. The molecule has 0 aliphatic heterocycles. The number of ether oxygens (including phenoxy) is 1. The van der Waals surface area contributed by atoms with Crippen LogP contribution in [0.15, 0.2) is 24.5 Å². The Bertz CT molecular complexity index is 333. The van der Waals surface area contributed by atoms with Crippen LogP contribution in [0.1, 0.15) is 26.1 Å². The number of hydrogen-bond donors (Lipinski definition) is 1. The Morgan fingerprint density at radius 2 is 2.41 bits per heavy atom. The van der Waals surface area contributed by atoms with Gasteiger partial charge in [-0.15, -0.1) is 0 Å². The molecular formula is C13H23N3O. The monoisotopic (exact) mass is 237 g/mol. The van der Waals surface area contributed by atoms with Gasteiger partial charge in [-0.05, 0) is 13.3 Å². The van der Waals surface area contributed by atoms with Crippen LogP contribution in [0.3, 0.4) is 0 Å². The van der Waals surface area contributed by atoms with Gasteiger partial charge in [-0.1, -0.05) is 19.1 Å². The van der Waals surface area contributed by atoms with Crippen molar-refractivity contribution in [1.29, 1.82) is 0 Å². The molecule has 1 aromatic heterocycles. The van der Waals surface area contributed by atoms with E-state index in [1.54, 1.807) is 0 Å². The average Bonchev–Trinajstić information content (AvgIpc) is 2.71. The predicted molar refractivity (Wildman–Crippen MR) is 69.9 cm³/mol. The minimum Gasteiger partial charge on any atom is -0.376 e. The first-order chi connectivity index (χ1) is 8.24. The maximum Gasteiger partial charge on any atom is 0.122 e. The van der Waals surface area contributed by atoms with Gasteiger partial charge in [0.1, 0.15) is 5.82 Å². The summed E-state index contributed by atoms with van der Waals surface area (Å²) in [6.07, 6.45) is 5.01. The van der Waals surface area contributed by atoms with Crippen molar-refractivity contribution in [2.75, 3.05) is 19.8 Å². The average molecular weight is 237 g/mol. The van der Waals surface area contributed by atoms with Crippen LogP contribution in [-0.4, -0.2) is 29.3 Å². The Morgan fingerprint density at radius 3 is 3.12 bits per heavy atom. The van der Waals surface area contributed by atoms with Crippen molar-refractivity contribution in [1.82, 2.24) is 14.9 Å². The van der Waals surface area contributed by atoms with E-state index in [0.717, 1.165) is 37.5 Å². The first kappa shape index (κ1) is 13.9. The lowest BCUT2D eigenvalue weighted by atomic mass is 10.4. The SMILES string of the molecule is C=C(C)COCCNCc1nccn1CCC. The van der Waals surface area contributed by atoms with Crippen LogP contribution in [0.4, 0.5) is 0 Å². The molecule has 0 atom stereocenters. The molecule has 96 valence electrons. The summed E-state index contributed by atoms with van der Waals surface area (Å²) in [5.41, 5.74) is 1.06. The maximum atomic E-state index is 5.40. The van der Waals surface area contributed by atoms with Crippen LogP contribution < -0.4 is 5.32 Å². The Hall–Kier alpha value is -1.13. The molecule has 0 fully saturated rings. The number of hydrogen-bond acceptors (Lipinski definition) is 3. The van der Waals surface area contributed by atoms with Crippen molar-refractivity contribution in [3.05, 3.63) is 30.4 Å². The molecule has 0 aliphatic rings. The molecule has 0 bridgehead atoms. The quantitative estimate of drug-likeness (QED) is 0.527. The zero-order chi connectivity index (χ0) is 12.5. The molecule has 17 heavy (non-hydrogen) atoms. The second-order valence-corrected chi connectivity index (χ2v) is 4.22. The van der Waals surface area contributed by atoms with E-state index < -0.39 is 0 Å². The fraction of sp³-hybridized carbons (Fsp3) is 0.615. The number of aryl methyl sites for hydroxylation is 1. The Morgan fingerprint density at radius 1 is 1.59 bits per heavy atom. The molecule has 0 spiro atoms. The summed E-state index contributed by atoms with van der Waals surface area (Å²) in [6, 6.07) is 0. The van der Waals surface area contributed by atoms with Crippen LogP contribution >= 0.6 is 0 Å². The molecule has 4 heteroatoms. The molecule has 1 aromatic rings. The third kappa shape index (κ3) is 5.65. The first-order valence-corrected chi connectivity index (χ1v) is 6.17. The van der Waals surface area contributed by atoms with Gasteiger partial charge in [0.2, 0.25) is 0 Å². The molecule has 1 rings (SSSR count). The van der Waals surface area contributed by atoms with Crippen LogP contribution in [0.25, 0.3) is 0 Å². The van der Waals surface area contributed by atoms with E-state index >= 15 is 0 Å². The van der Waals surface area contributed by atoms with E-state index in [2.05, 4.69) is 28.4 Å². The lowest BCUT2D eigenvalue weighted by Gasteiger charge is -2.08. The number of nitrogens with one attached hydrogen (secondary N) is 1. The highest BCUT2D eigenvalue weighted by Gasteiger charge is 2.00. The van der Waals surface area contributed by atoms with E-state index in [1.807, 2.05) is 19.3 Å². The van der Waals surface area contributed by atoms with Crippen LogP contribution in [0.5, 0.6) is 0 Å². The standard InChI is InChI=1S/C13H23N3O/c1-4-7-16-8-5-15-13(16)10-14-6-9-17-11-12(2)3/h5,8,14H,2,4,6-7,9-11H2,1,3H3. The molecule has 0 unspecified atom stereocenters. The second kappa shape index (κ2) is 8.03. The van der Waals surface area contributed by atoms with Crippen molar-refractivity contribution in [3.8, 4) is 0 Å². The summed E-state index contributed by atoms with van der Waals surface area (Å²) in [6.45, 7) is 11.9. The maximum absolute atomic E-state index is 5.40. The van der Waals surface area contributed by atoms with Gasteiger partial charge in [0.15, 0.2) is 0 Å². The van der Waals surface area contributed by atoms with Gasteiger partial charge < -0.3 is 14.6 Å². The predicted octanol–water partition coefficient (Wildman–Crippen LogP) is 1.98. The van der Waals surface area contributed by atoms with Crippen molar-refractivity contribution in [3.63, 3.8) is 0 Å². The molecule has 0 aromatic carbocycles. The smallest absolute Gasteiger partial charge is 0.122 e. The van der Waals surface area contributed by atoms with Gasteiger partial charge in [0, 0.05) is 25.5 Å². The van der Waals surface area contributed by atoms with Gasteiger partial charge in [0.25, 0.3) is 0 Å².